The third-order valence-electron chi connectivity index (χ3n) is 5.96. The van der Waals surface area contributed by atoms with Crippen LogP contribution in [0.2, 0.25) is 0 Å². The maximum absolute atomic E-state index is 12.1. The molecule has 1 unspecified atom stereocenters. The zero-order valence-electron chi connectivity index (χ0n) is 16.7. The number of hydrogen-bond donors (Lipinski definition) is 3. The number of fused-ring (bicyclic) bond motifs is 1. The lowest BCUT2D eigenvalue weighted by atomic mass is 9.78. The number of pyridine rings is 1. The third kappa shape index (κ3) is 3.63. The summed E-state index contributed by atoms with van der Waals surface area (Å²) in [4.78, 5) is 16.7. The van der Waals surface area contributed by atoms with Crippen LogP contribution in [0.5, 0.6) is 5.75 Å². The number of nitrogens with zero attached hydrogens (tertiary/aromatic N) is 3. The van der Waals surface area contributed by atoms with E-state index in [2.05, 4.69) is 39.7 Å². The van der Waals surface area contributed by atoms with Gasteiger partial charge in [-0.05, 0) is 50.1 Å². The van der Waals surface area contributed by atoms with E-state index in [0.29, 0.717) is 6.54 Å². The Hall–Kier alpha value is -2.77. The summed E-state index contributed by atoms with van der Waals surface area (Å²) < 4.78 is 1.59. The van der Waals surface area contributed by atoms with Gasteiger partial charge in [-0.15, -0.1) is 0 Å². The van der Waals surface area contributed by atoms with Gasteiger partial charge in [-0.1, -0.05) is 25.0 Å². The fraction of sp³-hybridized carbons (Fsp3) is 0.409. The molecule has 152 valence electrons. The van der Waals surface area contributed by atoms with Crippen molar-refractivity contribution in [2.45, 2.75) is 50.8 Å². The van der Waals surface area contributed by atoms with Gasteiger partial charge in [0.15, 0.2) is 17.7 Å². The predicted molar refractivity (Wildman–Crippen MR) is 111 cm³/mol. The van der Waals surface area contributed by atoms with Crippen LogP contribution < -0.4 is 10.7 Å². The average molecular weight is 394 g/mol. The van der Waals surface area contributed by atoms with E-state index in [1.165, 1.54) is 18.8 Å². The van der Waals surface area contributed by atoms with Crippen LogP contribution in [-0.2, 0) is 12.0 Å². The van der Waals surface area contributed by atoms with E-state index in [0.717, 1.165) is 42.1 Å². The number of aliphatic hydroxyl groups excluding tert-OH is 1. The maximum atomic E-state index is 12.1. The van der Waals surface area contributed by atoms with Gasteiger partial charge in [-0.25, -0.2) is 0 Å². The highest BCUT2D eigenvalue weighted by atomic mass is 16.3. The summed E-state index contributed by atoms with van der Waals surface area (Å²) in [6.07, 6.45) is 6.20. The van der Waals surface area contributed by atoms with Crippen molar-refractivity contribution in [2.24, 2.45) is 0 Å². The van der Waals surface area contributed by atoms with Gasteiger partial charge in [0.1, 0.15) is 0 Å². The van der Waals surface area contributed by atoms with Crippen LogP contribution >= 0.6 is 0 Å². The topological polar surface area (TPSA) is 100 Å². The molecule has 0 spiro atoms. The molecule has 1 atom stereocenters. The van der Waals surface area contributed by atoms with Gasteiger partial charge in [0, 0.05) is 17.0 Å². The fourth-order valence-corrected chi connectivity index (χ4v) is 4.40. The third-order valence-corrected chi connectivity index (χ3v) is 5.96. The minimum atomic E-state index is -1.23. The van der Waals surface area contributed by atoms with Crippen LogP contribution in [0, 0.1) is 6.92 Å². The normalized spacial score (nSPS) is 16.9. The van der Waals surface area contributed by atoms with E-state index in [4.69, 9.17) is 0 Å². The zero-order chi connectivity index (χ0) is 20.6. The van der Waals surface area contributed by atoms with Crippen molar-refractivity contribution in [1.29, 1.82) is 0 Å². The molecule has 4 rings (SSSR count). The van der Waals surface area contributed by atoms with E-state index < -0.39 is 17.4 Å². The molecule has 0 amide bonds. The standard InChI is InChI=1S/C22H26N4O3/c1-14-9-15-5-6-16(10-17(15)24-11-14)22(7-3-4-8-22)13-26-12-18(27)20(28)19(25-26)21(29)23-2/h5-6,9-12,21,23,27,29H,3-4,7-8,13H2,1-2H3. The van der Waals surface area contributed by atoms with E-state index >= 15 is 0 Å². The zero-order valence-corrected chi connectivity index (χ0v) is 16.7. The Bertz CT molecular complexity index is 1100. The number of rotatable bonds is 5. The van der Waals surface area contributed by atoms with Crippen molar-refractivity contribution < 1.29 is 10.2 Å². The van der Waals surface area contributed by atoms with E-state index in [-0.39, 0.29) is 11.1 Å². The molecule has 7 nitrogen and oxygen atoms in total. The number of hydrogen-bond acceptors (Lipinski definition) is 6. The molecule has 1 fully saturated rings. The second kappa shape index (κ2) is 7.57. The van der Waals surface area contributed by atoms with Crippen molar-refractivity contribution in [3.63, 3.8) is 0 Å². The van der Waals surface area contributed by atoms with Crippen LogP contribution in [0.3, 0.4) is 0 Å². The van der Waals surface area contributed by atoms with Gasteiger partial charge in [0.2, 0.25) is 5.43 Å². The molecule has 1 aromatic carbocycles. The molecule has 0 bridgehead atoms. The van der Waals surface area contributed by atoms with Gasteiger partial charge in [-0.2, -0.15) is 5.10 Å². The molecule has 0 radical (unpaired) electrons. The van der Waals surface area contributed by atoms with Gasteiger partial charge < -0.3 is 10.2 Å². The van der Waals surface area contributed by atoms with Crippen molar-refractivity contribution in [1.82, 2.24) is 20.1 Å². The molecule has 3 aromatic rings. The maximum Gasteiger partial charge on any atom is 0.248 e. The summed E-state index contributed by atoms with van der Waals surface area (Å²) in [6.45, 7) is 2.55. The molecule has 3 N–H and O–H groups in total. The molecule has 29 heavy (non-hydrogen) atoms. The number of aliphatic hydroxyl groups is 1. The van der Waals surface area contributed by atoms with Crippen molar-refractivity contribution in [3.8, 4) is 5.75 Å². The summed E-state index contributed by atoms with van der Waals surface area (Å²) in [6, 6.07) is 8.53. The van der Waals surface area contributed by atoms with Crippen molar-refractivity contribution in [3.05, 3.63) is 63.7 Å². The molecule has 7 heteroatoms. The Morgan fingerprint density at radius 3 is 2.76 bits per heavy atom. The molecular weight excluding hydrogens is 368 g/mol. The molecule has 0 saturated heterocycles. The summed E-state index contributed by atoms with van der Waals surface area (Å²) >= 11 is 0. The quantitative estimate of drug-likeness (QED) is 0.575. The van der Waals surface area contributed by atoms with Crippen LogP contribution in [-0.4, -0.2) is 32.0 Å². The van der Waals surface area contributed by atoms with Crippen LogP contribution in [0.15, 0.2) is 41.5 Å². The summed E-state index contributed by atoms with van der Waals surface area (Å²) in [5.74, 6) is -0.409. The SMILES string of the molecule is CNC(O)c1nn(CC2(c3ccc4cc(C)cnc4c3)CCCC2)cc(O)c1=O. The first-order valence-corrected chi connectivity index (χ1v) is 9.95. The lowest BCUT2D eigenvalue weighted by Crippen LogP contribution is -2.33. The molecule has 0 aliphatic heterocycles. The number of nitrogens with one attached hydrogen (secondary N) is 1. The number of aromatic hydroxyl groups is 1. The van der Waals surface area contributed by atoms with Gasteiger partial charge in [0.25, 0.3) is 0 Å². The monoisotopic (exact) mass is 394 g/mol. The minimum Gasteiger partial charge on any atom is -0.503 e. The van der Waals surface area contributed by atoms with Crippen molar-refractivity contribution >= 4 is 10.9 Å². The highest BCUT2D eigenvalue weighted by molar-refractivity contribution is 5.80. The molecule has 1 aliphatic rings. The lowest BCUT2D eigenvalue weighted by molar-refractivity contribution is 0.139. The summed E-state index contributed by atoms with van der Waals surface area (Å²) in [5.41, 5.74) is 2.36. The first kappa shape index (κ1) is 19.5. The van der Waals surface area contributed by atoms with Crippen LogP contribution in [0.1, 0.15) is 48.7 Å². The minimum absolute atomic E-state index is 0.101. The smallest absolute Gasteiger partial charge is 0.248 e. The van der Waals surface area contributed by atoms with Crippen LogP contribution in [0.25, 0.3) is 10.9 Å². The van der Waals surface area contributed by atoms with Crippen molar-refractivity contribution in [2.75, 3.05) is 7.05 Å². The summed E-state index contributed by atoms with van der Waals surface area (Å²) in [5, 5.41) is 28.2. The molecule has 2 heterocycles. The number of aryl methyl sites for hydroxylation is 1. The Morgan fingerprint density at radius 2 is 2.03 bits per heavy atom. The second-order valence-electron chi connectivity index (χ2n) is 8.03. The Morgan fingerprint density at radius 1 is 1.28 bits per heavy atom. The Kier molecular flexibility index (Phi) is 5.10. The Labute approximate surface area is 169 Å². The number of benzene rings is 1. The second-order valence-corrected chi connectivity index (χ2v) is 8.03. The summed E-state index contributed by atoms with van der Waals surface area (Å²) in [7, 11) is 1.53. The largest absolute Gasteiger partial charge is 0.503 e. The molecule has 1 saturated carbocycles. The highest BCUT2D eigenvalue weighted by Crippen LogP contribution is 2.43. The molecule has 1 aliphatic carbocycles. The number of aromatic nitrogens is 3. The first-order valence-electron chi connectivity index (χ1n) is 9.95. The average Bonchev–Trinajstić information content (AvgIpc) is 3.19. The predicted octanol–water partition coefficient (Wildman–Crippen LogP) is 2.53. The van der Waals surface area contributed by atoms with Gasteiger partial charge in [-0.3, -0.25) is 19.8 Å². The molecule has 2 aromatic heterocycles. The first-order chi connectivity index (χ1) is 13.9. The highest BCUT2D eigenvalue weighted by Gasteiger charge is 2.37. The lowest BCUT2D eigenvalue weighted by Gasteiger charge is -2.30. The Balaban J connectivity index is 1.76. The molecular formula is C22H26N4O3. The van der Waals surface area contributed by atoms with E-state index in [9.17, 15) is 15.0 Å². The van der Waals surface area contributed by atoms with Crippen LogP contribution in [0.4, 0.5) is 0 Å². The van der Waals surface area contributed by atoms with E-state index in [1.807, 2.05) is 13.1 Å². The van der Waals surface area contributed by atoms with Gasteiger partial charge in [0.05, 0.1) is 18.3 Å². The fourth-order valence-electron chi connectivity index (χ4n) is 4.40. The van der Waals surface area contributed by atoms with E-state index in [1.54, 1.807) is 4.68 Å². The van der Waals surface area contributed by atoms with Gasteiger partial charge >= 0.3 is 0 Å².